The van der Waals surface area contributed by atoms with Gasteiger partial charge in [-0.05, 0) is 36.7 Å². The standard InChI is InChI=1S/C18H20ClN7O.2ClH/c1-27-12-7-11(16-13(8-12)14(19)9-21-16)10-26(6-2-4-20)18-23-15-3-5-22-25-17(15)24-18;;/h3,5,7-9,21H,2,4,6,10,20H2,1H3,(H,23,24,25);2*1H. The molecule has 29 heavy (non-hydrogen) atoms. The van der Waals surface area contributed by atoms with Gasteiger partial charge in [-0.2, -0.15) is 10.1 Å². The van der Waals surface area contributed by atoms with Crippen LogP contribution in [0.15, 0.2) is 30.6 Å². The van der Waals surface area contributed by atoms with Crippen molar-refractivity contribution in [3.63, 3.8) is 0 Å². The number of imidazole rings is 1. The average Bonchev–Trinajstić information content (AvgIpc) is 3.28. The molecule has 0 amide bonds. The Bertz CT molecular complexity index is 1050. The summed E-state index contributed by atoms with van der Waals surface area (Å²) in [5.74, 6) is 1.49. The first-order valence-electron chi connectivity index (χ1n) is 8.65. The largest absolute Gasteiger partial charge is 0.497 e. The van der Waals surface area contributed by atoms with Gasteiger partial charge in [0.05, 0.1) is 29.4 Å². The second-order valence-corrected chi connectivity index (χ2v) is 6.65. The molecule has 1 aromatic carbocycles. The minimum Gasteiger partial charge on any atom is -0.497 e. The minimum absolute atomic E-state index is 0. The van der Waals surface area contributed by atoms with Crippen molar-refractivity contribution in [2.45, 2.75) is 13.0 Å². The van der Waals surface area contributed by atoms with Crippen LogP contribution in [0.3, 0.4) is 0 Å². The molecule has 156 valence electrons. The van der Waals surface area contributed by atoms with E-state index in [0.717, 1.165) is 46.6 Å². The number of hydrogen-bond acceptors (Lipinski definition) is 6. The lowest BCUT2D eigenvalue weighted by Crippen LogP contribution is -2.26. The molecule has 0 aliphatic carbocycles. The van der Waals surface area contributed by atoms with Gasteiger partial charge < -0.3 is 25.3 Å². The first-order chi connectivity index (χ1) is 13.2. The molecule has 11 heteroatoms. The van der Waals surface area contributed by atoms with E-state index in [9.17, 15) is 0 Å². The van der Waals surface area contributed by atoms with Gasteiger partial charge in [-0.15, -0.1) is 29.9 Å². The van der Waals surface area contributed by atoms with Crippen molar-refractivity contribution >= 4 is 64.4 Å². The Labute approximate surface area is 185 Å². The summed E-state index contributed by atoms with van der Waals surface area (Å²) in [6, 6.07) is 5.79. The molecule has 0 saturated carbocycles. The third kappa shape index (κ3) is 4.67. The molecule has 4 rings (SSSR count). The van der Waals surface area contributed by atoms with Gasteiger partial charge in [-0.3, -0.25) is 0 Å². The molecule has 0 fully saturated rings. The fourth-order valence-electron chi connectivity index (χ4n) is 3.14. The van der Waals surface area contributed by atoms with Crippen LogP contribution in [0.5, 0.6) is 5.75 Å². The molecular weight excluding hydrogens is 437 g/mol. The molecule has 0 aliphatic rings. The maximum Gasteiger partial charge on any atom is 0.205 e. The van der Waals surface area contributed by atoms with Crippen LogP contribution in [-0.4, -0.2) is 45.3 Å². The van der Waals surface area contributed by atoms with E-state index in [4.69, 9.17) is 22.1 Å². The molecule has 0 bridgehead atoms. The first-order valence-corrected chi connectivity index (χ1v) is 9.03. The van der Waals surface area contributed by atoms with Crippen LogP contribution >= 0.6 is 36.4 Å². The number of methoxy groups -OCH3 is 1. The Morgan fingerprint density at radius 3 is 2.83 bits per heavy atom. The first kappa shape index (κ1) is 23.0. The number of aromatic amines is 2. The van der Waals surface area contributed by atoms with Gasteiger partial charge in [0, 0.05) is 24.7 Å². The SMILES string of the molecule is COc1cc(CN(CCCN)c2nc3nnccc3[nH]2)c2[nH]cc(Cl)c2c1.Cl.Cl. The van der Waals surface area contributed by atoms with Crippen molar-refractivity contribution in [2.24, 2.45) is 5.73 Å². The molecule has 4 aromatic rings. The Hall–Kier alpha value is -2.26. The number of H-pyrrole nitrogens is 2. The van der Waals surface area contributed by atoms with Crippen LogP contribution in [0, 0.1) is 0 Å². The molecule has 4 N–H and O–H groups in total. The fraction of sp³-hybridized carbons (Fsp3) is 0.278. The van der Waals surface area contributed by atoms with E-state index in [0.29, 0.717) is 23.8 Å². The number of rotatable bonds is 7. The van der Waals surface area contributed by atoms with Gasteiger partial charge >= 0.3 is 0 Å². The highest BCUT2D eigenvalue weighted by atomic mass is 35.5. The van der Waals surface area contributed by atoms with Crippen molar-refractivity contribution < 1.29 is 4.74 Å². The number of fused-ring (bicyclic) bond motifs is 2. The third-order valence-electron chi connectivity index (χ3n) is 4.48. The summed E-state index contributed by atoms with van der Waals surface area (Å²) in [4.78, 5) is 13.3. The average molecular weight is 459 g/mol. The summed E-state index contributed by atoms with van der Waals surface area (Å²) in [6.07, 6.45) is 4.26. The lowest BCUT2D eigenvalue weighted by Gasteiger charge is -2.22. The highest BCUT2D eigenvalue weighted by Crippen LogP contribution is 2.31. The summed E-state index contributed by atoms with van der Waals surface area (Å²) in [5, 5.41) is 9.55. The lowest BCUT2D eigenvalue weighted by atomic mass is 10.1. The highest BCUT2D eigenvalue weighted by molar-refractivity contribution is 6.35. The summed E-state index contributed by atoms with van der Waals surface area (Å²) < 4.78 is 5.45. The predicted molar refractivity (Wildman–Crippen MR) is 121 cm³/mol. The number of anilines is 1. The zero-order chi connectivity index (χ0) is 18.8. The van der Waals surface area contributed by atoms with Gasteiger partial charge in [0.2, 0.25) is 11.6 Å². The van der Waals surface area contributed by atoms with Crippen molar-refractivity contribution in [2.75, 3.05) is 25.1 Å². The summed E-state index contributed by atoms with van der Waals surface area (Å²) in [5.41, 5.74) is 9.21. The summed E-state index contributed by atoms with van der Waals surface area (Å²) in [6.45, 7) is 1.95. The quantitative estimate of drug-likeness (QED) is 0.390. The van der Waals surface area contributed by atoms with E-state index in [2.05, 4.69) is 30.0 Å². The lowest BCUT2D eigenvalue weighted by molar-refractivity contribution is 0.415. The molecule has 3 aromatic heterocycles. The van der Waals surface area contributed by atoms with E-state index in [1.165, 1.54) is 0 Å². The van der Waals surface area contributed by atoms with Crippen LogP contribution < -0.4 is 15.4 Å². The van der Waals surface area contributed by atoms with E-state index in [-0.39, 0.29) is 24.8 Å². The number of nitrogens with two attached hydrogens (primary N) is 1. The van der Waals surface area contributed by atoms with Crippen molar-refractivity contribution in [3.8, 4) is 5.75 Å². The maximum atomic E-state index is 6.31. The minimum atomic E-state index is 0. The summed E-state index contributed by atoms with van der Waals surface area (Å²) >= 11 is 6.31. The molecule has 3 heterocycles. The Morgan fingerprint density at radius 2 is 2.10 bits per heavy atom. The zero-order valence-electron chi connectivity index (χ0n) is 15.7. The van der Waals surface area contributed by atoms with Crippen LogP contribution in [0.2, 0.25) is 5.02 Å². The monoisotopic (exact) mass is 457 g/mol. The number of nitrogens with zero attached hydrogens (tertiary/aromatic N) is 4. The molecule has 0 radical (unpaired) electrons. The second-order valence-electron chi connectivity index (χ2n) is 6.24. The smallest absolute Gasteiger partial charge is 0.205 e. The Kier molecular flexibility index (Phi) is 7.92. The van der Waals surface area contributed by atoms with Crippen molar-refractivity contribution in [1.82, 2.24) is 25.1 Å². The van der Waals surface area contributed by atoms with E-state index in [1.54, 1.807) is 19.5 Å². The van der Waals surface area contributed by atoms with Gasteiger partial charge in [0.25, 0.3) is 0 Å². The molecule has 0 saturated heterocycles. The van der Waals surface area contributed by atoms with Crippen molar-refractivity contribution in [1.29, 1.82) is 0 Å². The number of halogens is 3. The van der Waals surface area contributed by atoms with E-state index in [1.807, 2.05) is 18.2 Å². The molecule has 0 atom stereocenters. The predicted octanol–water partition coefficient (Wildman–Crippen LogP) is 3.70. The zero-order valence-corrected chi connectivity index (χ0v) is 18.1. The number of ether oxygens (including phenoxy) is 1. The fourth-order valence-corrected chi connectivity index (χ4v) is 3.34. The second kappa shape index (κ2) is 9.98. The third-order valence-corrected chi connectivity index (χ3v) is 4.79. The van der Waals surface area contributed by atoms with E-state index >= 15 is 0 Å². The van der Waals surface area contributed by atoms with Crippen molar-refractivity contribution in [3.05, 3.63) is 41.2 Å². The van der Waals surface area contributed by atoms with Gasteiger partial charge in [-0.1, -0.05) is 11.6 Å². The topological polar surface area (TPSA) is 109 Å². The number of benzene rings is 1. The molecule has 0 aliphatic heterocycles. The maximum absolute atomic E-state index is 6.31. The Balaban J connectivity index is 0.00000150. The van der Waals surface area contributed by atoms with Gasteiger partial charge in [0.15, 0.2) is 0 Å². The molecule has 8 nitrogen and oxygen atoms in total. The normalized spacial score (nSPS) is 10.6. The Morgan fingerprint density at radius 1 is 1.28 bits per heavy atom. The van der Waals surface area contributed by atoms with Gasteiger partial charge in [-0.25, -0.2) is 0 Å². The highest BCUT2D eigenvalue weighted by Gasteiger charge is 2.16. The van der Waals surface area contributed by atoms with Gasteiger partial charge in [0.1, 0.15) is 5.75 Å². The summed E-state index contributed by atoms with van der Waals surface area (Å²) in [7, 11) is 1.65. The number of hydrogen-bond donors (Lipinski definition) is 3. The number of nitrogens with one attached hydrogen (secondary N) is 2. The molecule has 0 spiro atoms. The van der Waals surface area contributed by atoms with E-state index < -0.39 is 0 Å². The van der Waals surface area contributed by atoms with Crippen LogP contribution in [0.25, 0.3) is 22.1 Å². The van der Waals surface area contributed by atoms with Crippen LogP contribution in [-0.2, 0) is 6.54 Å². The molecule has 0 unspecified atom stereocenters. The van der Waals surface area contributed by atoms with Crippen LogP contribution in [0.4, 0.5) is 5.95 Å². The number of aromatic nitrogens is 5. The molecular formula is C18H22Cl3N7O. The van der Waals surface area contributed by atoms with Crippen LogP contribution in [0.1, 0.15) is 12.0 Å².